The summed E-state index contributed by atoms with van der Waals surface area (Å²) in [5.74, 6) is -0.410. The number of hydrogen-bond donors (Lipinski definition) is 1. The predicted molar refractivity (Wildman–Crippen MR) is 89.9 cm³/mol. The van der Waals surface area contributed by atoms with E-state index in [-0.39, 0.29) is 12.1 Å². The van der Waals surface area contributed by atoms with Crippen LogP contribution in [0.3, 0.4) is 0 Å². The van der Waals surface area contributed by atoms with Gasteiger partial charge in [0.25, 0.3) is 0 Å². The molecule has 0 bridgehead atoms. The van der Waals surface area contributed by atoms with E-state index in [2.05, 4.69) is 37.9 Å². The fourth-order valence-corrected chi connectivity index (χ4v) is 2.01. The average Bonchev–Trinajstić information content (AvgIpc) is 2.48. The van der Waals surface area contributed by atoms with E-state index in [4.69, 9.17) is 4.74 Å². The monoisotopic (exact) mass is 437 g/mol. The lowest BCUT2D eigenvalue weighted by Gasteiger charge is -2.17. The molecule has 1 heterocycles. The van der Waals surface area contributed by atoms with Crippen molar-refractivity contribution in [1.82, 2.24) is 9.97 Å². The third-order valence-electron chi connectivity index (χ3n) is 3.05. The second-order valence-corrected chi connectivity index (χ2v) is 6.12. The minimum absolute atomic E-state index is 0.0533. The Balaban J connectivity index is 2.31. The summed E-state index contributed by atoms with van der Waals surface area (Å²) in [6, 6.07) is 7.31. The summed E-state index contributed by atoms with van der Waals surface area (Å²) in [6.07, 6.45) is -3.64. The summed E-state index contributed by atoms with van der Waals surface area (Å²) < 4.78 is 45.4. The molecule has 1 N–H and O–H groups in total. The average molecular weight is 437 g/mol. The molecule has 8 heteroatoms. The van der Waals surface area contributed by atoms with Crippen LogP contribution in [0, 0.1) is 3.57 Å². The van der Waals surface area contributed by atoms with E-state index in [0.29, 0.717) is 12.1 Å². The Kier molecular flexibility index (Phi) is 5.66. The Morgan fingerprint density at radius 3 is 2.48 bits per heavy atom. The van der Waals surface area contributed by atoms with Crippen LogP contribution in [0.25, 0.3) is 0 Å². The number of benzene rings is 1. The molecular weight excluding hydrogens is 422 g/mol. The molecule has 1 aromatic heterocycles. The van der Waals surface area contributed by atoms with E-state index in [1.165, 1.54) is 0 Å². The third-order valence-corrected chi connectivity index (χ3v) is 3.77. The lowest BCUT2D eigenvalue weighted by Crippen LogP contribution is -2.17. The zero-order valence-electron chi connectivity index (χ0n) is 12.5. The minimum atomic E-state index is -4.57. The fraction of sp³-hybridized carbons (Fsp3) is 0.333. The number of nitrogens with zero attached hydrogens (tertiary/aromatic N) is 2. The molecule has 0 saturated carbocycles. The molecule has 124 valence electrons. The molecule has 0 fully saturated rings. The van der Waals surface area contributed by atoms with Crippen LogP contribution in [-0.2, 0) is 6.18 Å². The summed E-state index contributed by atoms with van der Waals surface area (Å²) in [7, 11) is 0. The van der Waals surface area contributed by atoms with E-state index in [1.807, 2.05) is 19.1 Å². The molecule has 0 spiro atoms. The Labute approximate surface area is 145 Å². The fourth-order valence-electron chi connectivity index (χ4n) is 1.65. The summed E-state index contributed by atoms with van der Waals surface area (Å²) in [5.41, 5.74) is -0.300. The van der Waals surface area contributed by atoms with Gasteiger partial charge >= 0.3 is 6.18 Å². The van der Waals surface area contributed by atoms with Gasteiger partial charge in [-0.15, -0.1) is 0 Å². The zero-order valence-corrected chi connectivity index (χ0v) is 14.6. The van der Waals surface area contributed by atoms with Crippen LogP contribution in [0.5, 0.6) is 5.88 Å². The molecule has 1 atom stereocenters. The van der Waals surface area contributed by atoms with Crippen LogP contribution in [0.4, 0.5) is 24.8 Å². The molecule has 4 nitrogen and oxygen atoms in total. The van der Waals surface area contributed by atoms with E-state index in [1.54, 1.807) is 19.1 Å². The van der Waals surface area contributed by atoms with Gasteiger partial charge in [0.05, 0.1) is 6.10 Å². The Morgan fingerprint density at radius 1 is 1.26 bits per heavy atom. The Morgan fingerprint density at radius 2 is 1.91 bits per heavy atom. The van der Waals surface area contributed by atoms with Crippen LogP contribution < -0.4 is 10.1 Å². The highest BCUT2D eigenvalue weighted by molar-refractivity contribution is 14.1. The lowest BCUT2D eigenvalue weighted by atomic mass is 10.3. The normalized spacial score (nSPS) is 12.8. The predicted octanol–water partition coefficient (Wildman–Crippen LogP) is 5.02. The number of aromatic nitrogens is 2. The van der Waals surface area contributed by atoms with Gasteiger partial charge in [-0.25, -0.2) is 4.98 Å². The molecule has 0 aliphatic rings. The van der Waals surface area contributed by atoms with Gasteiger partial charge in [0.15, 0.2) is 0 Å². The van der Waals surface area contributed by atoms with Crippen LogP contribution >= 0.6 is 22.6 Å². The molecule has 0 aliphatic carbocycles. The first kappa shape index (κ1) is 17.8. The standard InChI is InChI=1S/C15H15F3IN3O/c1-3-9(2)23-13-12(15(16,17)18)8-20-14(22-13)21-11-6-4-10(19)5-7-11/h4-9H,3H2,1-2H3,(H,20,21,22). The minimum Gasteiger partial charge on any atom is -0.474 e. The molecule has 0 amide bonds. The summed E-state index contributed by atoms with van der Waals surface area (Å²) in [6.45, 7) is 3.51. The number of alkyl halides is 3. The van der Waals surface area contributed by atoms with E-state index in [9.17, 15) is 13.2 Å². The van der Waals surface area contributed by atoms with E-state index >= 15 is 0 Å². The van der Waals surface area contributed by atoms with Gasteiger partial charge in [-0.2, -0.15) is 18.2 Å². The van der Waals surface area contributed by atoms with Crippen molar-refractivity contribution < 1.29 is 17.9 Å². The SMILES string of the molecule is CCC(C)Oc1nc(Nc2ccc(I)cc2)ncc1C(F)(F)F. The second-order valence-electron chi connectivity index (χ2n) is 4.88. The van der Waals surface area contributed by atoms with Crippen LogP contribution in [0.2, 0.25) is 0 Å². The van der Waals surface area contributed by atoms with Crippen LogP contribution in [0.1, 0.15) is 25.8 Å². The largest absolute Gasteiger partial charge is 0.474 e. The number of nitrogens with one attached hydrogen (secondary N) is 1. The first-order valence-corrected chi connectivity index (χ1v) is 8.01. The summed E-state index contributed by atoms with van der Waals surface area (Å²) >= 11 is 2.16. The zero-order chi connectivity index (χ0) is 17.0. The van der Waals surface area contributed by atoms with Gasteiger partial charge in [-0.1, -0.05) is 6.92 Å². The number of halogens is 4. The van der Waals surface area contributed by atoms with Crippen molar-refractivity contribution in [2.24, 2.45) is 0 Å². The maximum Gasteiger partial charge on any atom is 0.423 e. The number of anilines is 2. The Hall–Kier alpha value is -1.58. The van der Waals surface area contributed by atoms with E-state index in [0.717, 1.165) is 9.77 Å². The highest BCUT2D eigenvalue weighted by Gasteiger charge is 2.36. The van der Waals surface area contributed by atoms with Gasteiger partial charge in [0, 0.05) is 15.5 Å². The van der Waals surface area contributed by atoms with Crippen molar-refractivity contribution in [1.29, 1.82) is 0 Å². The van der Waals surface area contributed by atoms with Gasteiger partial charge in [-0.05, 0) is 60.2 Å². The van der Waals surface area contributed by atoms with Gasteiger partial charge in [0.2, 0.25) is 11.8 Å². The summed E-state index contributed by atoms with van der Waals surface area (Å²) in [5, 5.41) is 2.87. The topological polar surface area (TPSA) is 47.0 Å². The molecule has 1 unspecified atom stereocenters. The van der Waals surface area contributed by atoms with Crippen molar-refractivity contribution in [3.8, 4) is 5.88 Å². The molecule has 1 aromatic carbocycles. The third kappa shape index (κ3) is 4.95. The first-order chi connectivity index (χ1) is 10.8. The molecule has 2 aromatic rings. The van der Waals surface area contributed by atoms with Crippen molar-refractivity contribution in [3.05, 3.63) is 39.6 Å². The molecule has 0 radical (unpaired) electrons. The molecule has 0 aliphatic heterocycles. The lowest BCUT2D eigenvalue weighted by molar-refractivity contribution is -0.139. The van der Waals surface area contributed by atoms with Crippen molar-refractivity contribution in [2.75, 3.05) is 5.32 Å². The van der Waals surface area contributed by atoms with Crippen molar-refractivity contribution in [3.63, 3.8) is 0 Å². The van der Waals surface area contributed by atoms with Gasteiger partial charge in [0.1, 0.15) is 5.56 Å². The van der Waals surface area contributed by atoms with Gasteiger partial charge < -0.3 is 10.1 Å². The molecule has 2 rings (SSSR count). The molecule has 23 heavy (non-hydrogen) atoms. The van der Waals surface area contributed by atoms with Gasteiger partial charge in [-0.3, -0.25) is 0 Å². The van der Waals surface area contributed by atoms with E-state index < -0.39 is 17.6 Å². The van der Waals surface area contributed by atoms with Crippen LogP contribution in [0.15, 0.2) is 30.5 Å². The summed E-state index contributed by atoms with van der Waals surface area (Å²) in [4.78, 5) is 7.61. The molecule has 0 saturated heterocycles. The first-order valence-electron chi connectivity index (χ1n) is 6.93. The van der Waals surface area contributed by atoms with Crippen molar-refractivity contribution >= 4 is 34.2 Å². The Bertz CT molecular complexity index is 662. The number of hydrogen-bond acceptors (Lipinski definition) is 4. The number of rotatable bonds is 5. The highest BCUT2D eigenvalue weighted by Crippen LogP contribution is 2.35. The maximum absolute atomic E-state index is 13.0. The smallest absolute Gasteiger partial charge is 0.423 e. The van der Waals surface area contributed by atoms with Crippen LogP contribution in [-0.4, -0.2) is 16.1 Å². The second kappa shape index (κ2) is 7.33. The molecular formula is C15H15F3IN3O. The quantitative estimate of drug-likeness (QED) is 0.668. The highest BCUT2D eigenvalue weighted by atomic mass is 127. The van der Waals surface area contributed by atoms with Crippen molar-refractivity contribution in [2.45, 2.75) is 32.5 Å². The maximum atomic E-state index is 13.0. The number of ether oxygens (including phenoxy) is 1.